The van der Waals surface area contributed by atoms with Crippen molar-refractivity contribution in [3.8, 4) is 34.3 Å². The molecule has 0 spiro atoms. The average Bonchev–Trinajstić information content (AvgIpc) is 3.26. The third-order valence-electron chi connectivity index (χ3n) is 7.98. The number of methoxy groups -OCH3 is 2. The smallest absolute Gasteiger partial charge is 0.230 e. The molecule has 294 valence electrons. The van der Waals surface area contributed by atoms with Crippen LogP contribution in [0.5, 0.6) is 23.1 Å². The van der Waals surface area contributed by atoms with E-state index in [1.165, 1.54) is 17.5 Å². The van der Waals surface area contributed by atoms with Gasteiger partial charge in [-0.3, -0.25) is 4.79 Å². The first kappa shape index (κ1) is 45.7. The highest BCUT2D eigenvalue weighted by atomic mass is 16.5. The summed E-state index contributed by atoms with van der Waals surface area (Å²) in [6.07, 6.45) is 6.95. The van der Waals surface area contributed by atoms with Crippen molar-refractivity contribution in [3.63, 3.8) is 0 Å². The molecule has 0 amide bonds. The van der Waals surface area contributed by atoms with Gasteiger partial charge < -0.3 is 24.5 Å². The molecule has 9 heteroatoms. The number of pyridine rings is 2. The summed E-state index contributed by atoms with van der Waals surface area (Å²) < 4.78 is 16.9. The van der Waals surface area contributed by atoms with Gasteiger partial charge in [-0.2, -0.15) is 0 Å². The minimum atomic E-state index is -0.104. The standard InChI is InChI=1S/C30H23N5O4.C10H12.3C2H6.CH4/c1-37-25-14-21-24(15-26(25)38-2)33-17-34-30(21)39-20-10-8-19(9-11-20)35-29-27-23(12-13-31-29)32-16-22(28(27)36)18-6-4-3-5-7-18;1-3-9(2)10-7-5-4-6-8-10;3*1-2;/h3-17H,1-2H3,(H,31,35)(H,32,36);3-8H,1-2H3;3*1-2H3;1H4/b;9-3+;;;;. The normalized spacial score (nSPS) is 10.0. The fourth-order valence-corrected chi connectivity index (χ4v) is 5.25. The summed E-state index contributed by atoms with van der Waals surface area (Å²) in [4.78, 5) is 29.7. The molecule has 9 nitrogen and oxygen atoms in total. The first-order chi connectivity index (χ1) is 27.0. The number of nitrogens with zero attached hydrogens (tertiary/aromatic N) is 3. The molecule has 3 heterocycles. The molecule has 7 aromatic rings. The predicted molar refractivity (Wildman–Crippen MR) is 237 cm³/mol. The molecule has 3 aromatic heterocycles. The maximum absolute atomic E-state index is 13.4. The highest BCUT2D eigenvalue weighted by Crippen LogP contribution is 2.36. The number of anilines is 2. The van der Waals surface area contributed by atoms with E-state index >= 15 is 0 Å². The second-order valence-electron chi connectivity index (χ2n) is 11.0. The Bertz CT molecular complexity index is 2290. The Kier molecular flexibility index (Phi) is 19.6. The van der Waals surface area contributed by atoms with Crippen LogP contribution < -0.4 is 25.0 Å². The van der Waals surface area contributed by atoms with Gasteiger partial charge in [-0.05, 0) is 66.9 Å². The van der Waals surface area contributed by atoms with Crippen LogP contribution in [0.15, 0.2) is 133 Å². The van der Waals surface area contributed by atoms with Crippen LogP contribution in [0.3, 0.4) is 0 Å². The summed E-state index contributed by atoms with van der Waals surface area (Å²) >= 11 is 0. The highest BCUT2D eigenvalue weighted by molar-refractivity contribution is 5.93. The zero-order valence-corrected chi connectivity index (χ0v) is 33.6. The van der Waals surface area contributed by atoms with Crippen LogP contribution >= 0.6 is 0 Å². The van der Waals surface area contributed by atoms with Crippen molar-refractivity contribution in [2.45, 2.75) is 62.8 Å². The maximum atomic E-state index is 13.4. The number of H-pyrrole nitrogens is 1. The number of fused-ring (bicyclic) bond motifs is 2. The number of hydrogen-bond acceptors (Lipinski definition) is 8. The van der Waals surface area contributed by atoms with Gasteiger partial charge in [0.25, 0.3) is 0 Å². The quantitative estimate of drug-likeness (QED) is 0.158. The first-order valence-electron chi connectivity index (χ1n) is 18.6. The Morgan fingerprint density at radius 3 is 1.96 bits per heavy atom. The Labute approximate surface area is 332 Å². The lowest BCUT2D eigenvalue weighted by atomic mass is 10.1. The molecule has 2 N–H and O–H groups in total. The number of aromatic nitrogens is 4. The van der Waals surface area contributed by atoms with Crippen LogP contribution in [0, 0.1) is 0 Å². The third kappa shape index (κ3) is 11.5. The van der Waals surface area contributed by atoms with E-state index in [9.17, 15) is 4.79 Å². The molecular formula is C47H57N5O4. The van der Waals surface area contributed by atoms with Crippen molar-refractivity contribution >= 4 is 38.9 Å². The molecule has 0 saturated carbocycles. The van der Waals surface area contributed by atoms with Crippen LogP contribution in [0.1, 0.15) is 68.4 Å². The molecule has 56 heavy (non-hydrogen) atoms. The van der Waals surface area contributed by atoms with E-state index in [-0.39, 0.29) is 12.9 Å². The SMILES string of the molecule is C.C/C=C(\C)c1ccccc1.CC.CC.CC.COc1cc2ncnc(Oc3ccc(Nc4nccc5[nH]cc(-c6ccccc6)c(=O)c45)cc3)c2cc1OC. The van der Waals surface area contributed by atoms with Crippen LogP contribution in [-0.4, -0.2) is 34.2 Å². The minimum absolute atomic E-state index is 0. The average molecular weight is 756 g/mol. The topological polar surface area (TPSA) is 111 Å². The van der Waals surface area contributed by atoms with Crippen LogP contribution in [0.2, 0.25) is 0 Å². The van der Waals surface area contributed by atoms with E-state index in [4.69, 9.17) is 14.2 Å². The van der Waals surface area contributed by atoms with E-state index in [1.807, 2.05) is 102 Å². The van der Waals surface area contributed by atoms with Gasteiger partial charge >= 0.3 is 0 Å². The Balaban J connectivity index is 0.000000544. The second-order valence-corrected chi connectivity index (χ2v) is 11.0. The fourth-order valence-electron chi connectivity index (χ4n) is 5.25. The number of rotatable bonds is 8. The molecule has 0 bridgehead atoms. The van der Waals surface area contributed by atoms with E-state index in [0.29, 0.717) is 56.3 Å². The third-order valence-corrected chi connectivity index (χ3v) is 7.98. The molecule has 0 saturated heterocycles. The van der Waals surface area contributed by atoms with E-state index in [1.54, 1.807) is 44.8 Å². The summed E-state index contributed by atoms with van der Waals surface area (Å²) in [7, 11) is 3.14. The van der Waals surface area contributed by atoms with Crippen molar-refractivity contribution in [3.05, 3.63) is 144 Å². The molecular weight excluding hydrogens is 699 g/mol. The summed E-state index contributed by atoms with van der Waals surface area (Å²) in [5.41, 5.74) is 6.06. The minimum Gasteiger partial charge on any atom is -0.493 e. The number of ether oxygens (including phenoxy) is 3. The van der Waals surface area contributed by atoms with Crippen molar-refractivity contribution in [1.29, 1.82) is 0 Å². The molecule has 0 fully saturated rings. The lowest BCUT2D eigenvalue weighted by Crippen LogP contribution is -2.09. The van der Waals surface area contributed by atoms with Gasteiger partial charge in [-0.15, -0.1) is 0 Å². The zero-order chi connectivity index (χ0) is 40.2. The van der Waals surface area contributed by atoms with Crippen molar-refractivity contribution in [2.24, 2.45) is 0 Å². The molecule has 0 radical (unpaired) electrons. The molecule has 0 aliphatic carbocycles. The molecule has 0 atom stereocenters. The number of nitrogens with one attached hydrogen (secondary N) is 2. The second kappa shape index (κ2) is 24.0. The van der Waals surface area contributed by atoms with Gasteiger partial charge in [-0.1, -0.05) is 116 Å². The molecule has 0 aliphatic heterocycles. The summed E-state index contributed by atoms with van der Waals surface area (Å²) in [5, 5.41) is 4.44. The highest BCUT2D eigenvalue weighted by Gasteiger charge is 2.14. The summed E-state index contributed by atoms with van der Waals surface area (Å²) in [6.45, 7) is 16.2. The molecule has 4 aromatic carbocycles. The summed E-state index contributed by atoms with van der Waals surface area (Å²) in [6, 6.07) is 32.6. The largest absolute Gasteiger partial charge is 0.493 e. The van der Waals surface area contributed by atoms with Crippen molar-refractivity contribution in [1.82, 2.24) is 19.9 Å². The van der Waals surface area contributed by atoms with E-state index in [0.717, 1.165) is 11.3 Å². The first-order valence-corrected chi connectivity index (χ1v) is 18.6. The lowest BCUT2D eigenvalue weighted by molar-refractivity contribution is 0.355. The number of hydrogen-bond donors (Lipinski definition) is 2. The summed E-state index contributed by atoms with van der Waals surface area (Å²) in [5.74, 6) is 2.55. The Hall–Kier alpha value is -6.48. The molecule has 7 rings (SSSR count). The lowest BCUT2D eigenvalue weighted by Gasteiger charge is -2.12. The van der Waals surface area contributed by atoms with Crippen LogP contribution in [0.4, 0.5) is 11.5 Å². The zero-order valence-electron chi connectivity index (χ0n) is 33.6. The molecule has 0 aliphatic rings. The van der Waals surface area contributed by atoms with Gasteiger partial charge in [0.2, 0.25) is 11.3 Å². The number of benzene rings is 4. The number of allylic oxidation sites excluding steroid dienone is 2. The number of aromatic amines is 1. The van der Waals surface area contributed by atoms with Gasteiger partial charge in [-0.25, -0.2) is 15.0 Å². The van der Waals surface area contributed by atoms with Crippen LogP contribution in [-0.2, 0) is 0 Å². The van der Waals surface area contributed by atoms with Gasteiger partial charge in [0.1, 0.15) is 17.9 Å². The van der Waals surface area contributed by atoms with Gasteiger partial charge in [0.15, 0.2) is 11.5 Å². The maximum Gasteiger partial charge on any atom is 0.230 e. The predicted octanol–water partition coefficient (Wildman–Crippen LogP) is 12.9. The fraction of sp³-hybridized carbons (Fsp3) is 0.234. The molecule has 0 unspecified atom stereocenters. The van der Waals surface area contributed by atoms with Crippen molar-refractivity contribution in [2.75, 3.05) is 19.5 Å². The van der Waals surface area contributed by atoms with Gasteiger partial charge in [0.05, 0.1) is 36.0 Å². The Morgan fingerprint density at radius 1 is 0.750 bits per heavy atom. The monoisotopic (exact) mass is 755 g/mol. The van der Waals surface area contributed by atoms with Crippen LogP contribution in [0.25, 0.3) is 38.5 Å². The Morgan fingerprint density at radius 2 is 1.36 bits per heavy atom. The van der Waals surface area contributed by atoms with E-state index < -0.39 is 0 Å². The van der Waals surface area contributed by atoms with Crippen molar-refractivity contribution < 1.29 is 14.2 Å². The van der Waals surface area contributed by atoms with E-state index in [2.05, 4.69) is 69.4 Å². The van der Waals surface area contributed by atoms with Gasteiger partial charge in [0, 0.05) is 29.7 Å².